The number of carbonyl (C=O) groups is 1. The van der Waals surface area contributed by atoms with Gasteiger partial charge in [0.05, 0.1) is 22.1 Å². The number of carbonyl (C=O) groups excluding carboxylic acids is 1. The highest BCUT2D eigenvalue weighted by molar-refractivity contribution is 9.10. The van der Waals surface area contributed by atoms with E-state index in [2.05, 4.69) is 51.9 Å². The zero-order chi connectivity index (χ0) is 21.3. The first kappa shape index (κ1) is 20.8. The first-order chi connectivity index (χ1) is 14.4. The lowest BCUT2D eigenvalue weighted by molar-refractivity contribution is -0.136. The number of piperazine rings is 1. The second-order valence-corrected chi connectivity index (χ2v) is 8.73. The number of nitrogens with zero attached hydrogens (tertiary/aromatic N) is 6. The quantitative estimate of drug-likeness (QED) is 0.573. The molecule has 3 aromatic rings. The smallest absolute Gasteiger partial charge is 0.247 e. The minimum absolute atomic E-state index is 0.120. The molecule has 1 fully saturated rings. The van der Waals surface area contributed by atoms with Gasteiger partial charge in [0, 0.05) is 50.2 Å². The van der Waals surface area contributed by atoms with Crippen LogP contribution in [0.15, 0.2) is 47.2 Å². The Morgan fingerprint density at radius 3 is 2.47 bits per heavy atom. The van der Waals surface area contributed by atoms with Gasteiger partial charge in [-0.3, -0.25) is 14.4 Å². The summed E-state index contributed by atoms with van der Waals surface area (Å²) in [5, 5.41) is 9.01. The van der Waals surface area contributed by atoms with Crippen LogP contribution in [0.5, 0.6) is 0 Å². The summed E-state index contributed by atoms with van der Waals surface area (Å²) in [4.78, 5) is 17.2. The fourth-order valence-corrected chi connectivity index (χ4v) is 4.28. The monoisotopic (exact) mass is 470 g/mol. The van der Waals surface area contributed by atoms with Gasteiger partial charge in [0.2, 0.25) is 5.91 Å². The number of hydrogen-bond donors (Lipinski definition) is 0. The van der Waals surface area contributed by atoms with Crippen LogP contribution < -0.4 is 0 Å². The molecule has 1 saturated heterocycles. The predicted molar refractivity (Wildman–Crippen MR) is 120 cm³/mol. The van der Waals surface area contributed by atoms with E-state index in [-0.39, 0.29) is 11.9 Å². The highest BCUT2D eigenvalue weighted by atomic mass is 79.9. The number of amides is 1. The summed E-state index contributed by atoms with van der Waals surface area (Å²) in [6.45, 7) is 10.1. The van der Waals surface area contributed by atoms with Crippen LogP contribution in [0.2, 0.25) is 0 Å². The molecule has 1 atom stereocenters. The molecule has 7 nitrogen and oxygen atoms in total. The van der Waals surface area contributed by atoms with E-state index in [1.807, 2.05) is 40.9 Å². The Balaban J connectivity index is 1.38. The Morgan fingerprint density at radius 2 is 1.83 bits per heavy atom. The third-order valence-corrected chi connectivity index (χ3v) is 6.24. The van der Waals surface area contributed by atoms with Crippen molar-refractivity contribution in [2.45, 2.75) is 33.4 Å². The third kappa shape index (κ3) is 4.20. The maximum absolute atomic E-state index is 12.9. The van der Waals surface area contributed by atoms with Gasteiger partial charge in [-0.15, -0.1) is 0 Å². The fourth-order valence-electron chi connectivity index (χ4n) is 3.98. The molecule has 4 rings (SSSR count). The van der Waals surface area contributed by atoms with Crippen molar-refractivity contribution in [1.82, 2.24) is 29.4 Å². The number of halogens is 1. The van der Waals surface area contributed by atoms with Crippen molar-refractivity contribution < 1.29 is 4.79 Å². The summed E-state index contributed by atoms with van der Waals surface area (Å²) >= 11 is 3.39. The van der Waals surface area contributed by atoms with Crippen LogP contribution in [-0.4, -0.2) is 61.4 Å². The maximum Gasteiger partial charge on any atom is 0.247 e. The van der Waals surface area contributed by atoms with Crippen molar-refractivity contribution in [3.8, 4) is 5.69 Å². The number of hydrogen-bond acceptors (Lipinski definition) is 4. The molecule has 1 aliphatic heterocycles. The molecule has 0 spiro atoms. The minimum Gasteiger partial charge on any atom is -0.338 e. The number of aryl methyl sites for hydroxylation is 1. The van der Waals surface area contributed by atoms with Crippen LogP contribution in [0.4, 0.5) is 0 Å². The van der Waals surface area contributed by atoms with E-state index in [9.17, 15) is 4.79 Å². The predicted octanol–water partition coefficient (Wildman–Crippen LogP) is 3.35. The third-order valence-electron chi connectivity index (χ3n) is 5.83. The average molecular weight is 471 g/mol. The molecule has 0 radical (unpaired) electrons. The van der Waals surface area contributed by atoms with Crippen molar-refractivity contribution >= 4 is 21.8 Å². The normalized spacial score (nSPS) is 16.1. The summed E-state index contributed by atoms with van der Waals surface area (Å²) in [7, 11) is 0. The van der Waals surface area contributed by atoms with Gasteiger partial charge in [0.1, 0.15) is 6.04 Å². The van der Waals surface area contributed by atoms with Crippen LogP contribution in [0, 0.1) is 13.8 Å². The Morgan fingerprint density at radius 1 is 1.13 bits per heavy atom. The van der Waals surface area contributed by atoms with Gasteiger partial charge in [-0.2, -0.15) is 10.2 Å². The van der Waals surface area contributed by atoms with E-state index in [0.717, 1.165) is 48.6 Å². The van der Waals surface area contributed by atoms with E-state index in [4.69, 9.17) is 5.10 Å². The highest BCUT2D eigenvalue weighted by Gasteiger charge is 2.27. The lowest BCUT2D eigenvalue weighted by atomic mass is 10.1. The van der Waals surface area contributed by atoms with Gasteiger partial charge in [0.25, 0.3) is 0 Å². The van der Waals surface area contributed by atoms with Gasteiger partial charge in [-0.1, -0.05) is 18.2 Å². The summed E-state index contributed by atoms with van der Waals surface area (Å²) in [6.07, 6.45) is 3.55. The van der Waals surface area contributed by atoms with E-state index in [1.54, 1.807) is 10.9 Å². The van der Waals surface area contributed by atoms with Crippen molar-refractivity contribution in [1.29, 1.82) is 0 Å². The van der Waals surface area contributed by atoms with Crippen LogP contribution in [0.25, 0.3) is 5.69 Å². The molecule has 0 N–H and O–H groups in total. The molecule has 1 unspecified atom stereocenters. The second-order valence-electron chi connectivity index (χ2n) is 7.81. The molecule has 2 aromatic heterocycles. The van der Waals surface area contributed by atoms with Gasteiger partial charge < -0.3 is 4.90 Å². The van der Waals surface area contributed by atoms with Crippen molar-refractivity contribution in [2.24, 2.45) is 0 Å². The Labute approximate surface area is 185 Å². The lowest BCUT2D eigenvalue weighted by Crippen LogP contribution is -2.50. The van der Waals surface area contributed by atoms with E-state index < -0.39 is 0 Å². The summed E-state index contributed by atoms with van der Waals surface area (Å²) in [5.41, 5.74) is 4.59. The molecule has 1 amide bonds. The van der Waals surface area contributed by atoms with Crippen LogP contribution in [-0.2, 0) is 11.3 Å². The van der Waals surface area contributed by atoms with Crippen LogP contribution >= 0.6 is 15.9 Å². The SMILES string of the molecule is Cc1nn(-c2ccccc2)c(C)c1CN1CCN(C(=O)C(C)n2cc(Br)cn2)CC1. The average Bonchev–Trinajstić information content (AvgIpc) is 3.32. The molecule has 0 saturated carbocycles. The standard InChI is InChI=1S/C22H27BrN6O/c1-16-21(17(2)29(25-16)20-7-5-4-6-8-20)15-26-9-11-27(12-10-26)22(30)18(3)28-14-19(23)13-24-28/h4-8,13-14,18H,9-12,15H2,1-3H3. The summed E-state index contributed by atoms with van der Waals surface area (Å²) < 4.78 is 4.62. The Kier molecular flexibility index (Phi) is 6.06. The molecule has 1 aliphatic rings. The molecule has 30 heavy (non-hydrogen) atoms. The first-order valence-electron chi connectivity index (χ1n) is 10.3. The maximum atomic E-state index is 12.9. The number of rotatable bonds is 5. The molecule has 0 aliphatic carbocycles. The van der Waals surface area contributed by atoms with E-state index >= 15 is 0 Å². The number of benzene rings is 1. The lowest BCUT2D eigenvalue weighted by Gasteiger charge is -2.36. The Hall–Kier alpha value is -2.45. The zero-order valence-electron chi connectivity index (χ0n) is 17.6. The van der Waals surface area contributed by atoms with Crippen LogP contribution in [0.1, 0.15) is 29.9 Å². The van der Waals surface area contributed by atoms with Gasteiger partial charge in [-0.25, -0.2) is 4.68 Å². The Bertz CT molecular complexity index is 1020. The molecule has 1 aromatic carbocycles. The van der Waals surface area contributed by atoms with Crippen molar-refractivity contribution in [3.63, 3.8) is 0 Å². The molecule has 8 heteroatoms. The molecule has 158 valence electrons. The first-order valence-corrected chi connectivity index (χ1v) is 11.0. The van der Waals surface area contributed by atoms with Gasteiger partial charge >= 0.3 is 0 Å². The topological polar surface area (TPSA) is 59.2 Å². The van der Waals surface area contributed by atoms with E-state index in [0.29, 0.717) is 0 Å². The number of aromatic nitrogens is 4. The number of para-hydroxylation sites is 1. The van der Waals surface area contributed by atoms with Crippen molar-refractivity contribution in [2.75, 3.05) is 26.2 Å². The summed E-state index contributed by atoms with van der Waals surface area (Å²) in [6, 6.07) is 9.94. The summed E-state index contributed by atoms with van der Waals surface area (Å²) in [5.74, 6) is 0.120. The molecule has 0 bridgehead atoms. The molecular formula is C22H27BrN6O. The van der Waals surface area contributed by atoms with Crippen molar-refractivity contribution in [3.05, 3.63) is 64.1 Å². The second kappa shape index (κ2) is 8.73. The van der Waals surface area contributed by atoms with Crippen LogP contribution in [0.3, 0.4) is 0 Å². The van der Waals surface area contributed by atoms with E-state index in [1.165, 1.54) is 11.3 Å². The largest absolute Gasteiger partial charge is 0.338 e. The minimum atomic E-state index is -0.295. The molecule has 3 heterocycles. The van der Waals surface area contributed by atoms with Gasteiger partial charge in [-0.05, 0) is 48.8 Å². The molecular weight excluding hydrogens is 444 g/mol. The zero-order valence-corrected chi connectivity index (χ0v) is 19.2. The highest BCUT2D eigenvalue weighted by Crippen LogP contribution is 2.21. The van der Waals surface area contributed by atoms with Gasteiger partial charge in [0.15, 0.2) is 0 Å². The fraction of sp³-hybridized carbons (Fsp3) is 0.409.